The molecular formula is C14H17BrN4O. The van der Waals surface area contributed by atoms with Crippen LogP contribution in [0.5, 0.6) is 0 Å². The highest BCUT2D eigenvalue weighted by Gasteiger charge is 2.12. The van der Waals surface area contributed by atoms with Crippen LogP contribution in [0.15, 0.2) is 28.9 Å². The quantitative estimate of drug-likeness (QED) is 0.839. The minimum absolute atomic E-state index is 0.113. The molecule has 5 nitrogen and oxygen atoms in total. The van der Waals surface area contributed by atoms with Gasteiger partial charge in [-0.05, 0) is 30.7 Å². The number of amides is 1. The van der Waals surface area contributed by atoms with Crippen LogP contribution in [0.25, 0.3) is 0 Å². The van der Waals surface area contributed by atoms with Crippen LogP contribution < -0.4 is 11.1 Å². The lowest BCUT2D eigenvalue weighted by Gasteiger charge is -2.10. The molecule has 0 saturated heterocycles. The fraction of sp³-hybridized carbons (Fsp3) is 0.286. The van der Waals surface area contributed by atoms with Gasteiger partial charge in [0.15, 0.2) is 0 Å². The summed E-state index contributed by atoms with van der Waals surface area (Å²) in [7, 11) is 1.89. The first-order valence-electron chi connectivity index (χ1n) is 6.29. The van der Waals surface area contributed by atoms with E-state index >= 15 is 0 Å². The third-order valence-corrected chi connectivity index (χ3v) is 3.70. The van der Waals surface area contributed by atoms with Gasteiger partial charge < -0.3 is 11.1 Å². The number of nitrogens with one attached hydrogen (secondary N) is 1. The highest BCUT2D eigenvalue weighted by Crippen LogP contribution is 2.22. The van der Waals surface area contributed by atoms with Crippen LogP contribution in [-0.4, -0.2) is 22.2 Å². The number of nitrogens with zero attached hydrogens (tertiary/aromatic N) is 2. The summed E-state index contributed by atoms with van der Waals surface area (Å²) >= 11 is 3.35. The molecule has 0 bridgehead atoms. The van der Waals surface area contributed by atoms with Crippen molar-refractivity contribution < 1.29 is 4.79 Å². The van der Waals surface area contributed by atoms with Gasteiger partial charge in [-0.1, -0.05) is 15.9 Å². The Morgan fingerprint density at radius 2 is 2.25 bits per heavy atom. The molecule has 0 fully saturated rings. The number of nitrogens with two attached hydrogens (primary N) is 1. The van der Waals surface area contributed by atoms with Crippen molar-refractivity contribution in [3.63, 3.8) is 0 Å². The SMILES string of the molecule is Cc1c(N)cc(Br)cc1C(=O)NCCc1ccnn1C. The van der Waals surface area contributed by atoms with Crippen LogP contribution in [0, 0.1) is 6.92 Å². The predicted octanol–water partition coefficient (Wildman–Crippen LogP) is 2.05. The van der Waals surface area contributed by atoms with Crippen molar-refractivity contribution in [1.29, 1.82) is 0 Å². The molecule has 20 heavy (non-hydrogen) atoms. The van der Waals surface area contributed by atoms with E-state index in [2.05, 4.69) is 26.3 Å². The molecule has 0 aliphatic heterocycles. The second kappa shape index (κ2) is 6.09. The summed E-state index contributed by atoms with van der Waals surface area (Å²) in [6.07, 6.45) is 2.49. The Labute approximate surface area is 126 Å². The molecule has 1 aromatic heterocycles. The van der Waals surface area contributed by atoms with E-state index < -0.39 is 0 Å². The van der Waals surface area contributed by atoms with Gasteiger partial charge in [-0.3, -0.25) is 9.48 Å². The normalized spacial score (nSPS) is 10.6. The standard InChI is InChI=1S/C14H17BrN4O/c1-9-12(7-10(15)8-13(9)16)14(20)17-5-3-11-4-6-18-19(11)2/h4,6-8H,3,5,16H2,1-2H3,(H,17,20). The maximum Gasteiger partial charge on any atom is 0.251 e. The Morgan fingerprint density at radius 3 is 2.90 bits per heavy atom. The van der Waals surface area contributed by atoms with Crippen molar-refractivity contribution in [1.82, 2.24) is 15.1 Å². The molecule has 1 amide bonds. The molecule has 106 valence electrons. The number of benzene rings is 1. The summed E-state index contributed by atoms with van der Waals surface area (Å²) < 4.78 is 2.60. The predicted molar refractivity (Wildman–Crippen MR) is 82.5 cm³/mol. The number of aryl methyl sites for hydroxylation is 1. The molecule has 0 radical (unpaired) electrons. The van der Waals surface area contributed by atoms with Gasteiger partial charge in [0.2, 0.25) is 0 Å². The largest absolute Gasteiger partial charge is 0.398 e. The van der Waals surface area contributed by atoms with Crippen LogP contribution in [0.2, 0.25) is 0 Å². The van der Waals surface area contributed by atoms with Crippen LogP contribution >= 0.6 is 15.9 Å². The highest BCUT2D eigenvalue weighted by atomic mass is 79.9. The topological polar surface area (TPSA) is 72.9 Å². The van der Waals surface area contributed by atoms with Crippen molar-refractivity contribution in [2.75, 3.05) is 12.3 Å². The molecule has 0 spiro atoms. The van der Waals surface area contributed by atoms with Crippen molar-refractivity contribution in [2.24, 2.45) is 7.05 Å². The van der Waals surface area contributed by atoms with Gasteiger partial charge in [-0.2, -0.15) is 5.10 Å². The molecule has 2 aromatic rings. The zero-order valence-corrected chi connectivity index (χ0v) is 13.1. The number of hydrogen-bond acceptors (Lipinski definition) is 3. The lowest BCUT2D eigenvalue weighted by molar-refractivity contribution is 0.0953. The summed E-state index contributed by atoms with van der Waals surface area (Å²) in [6.45, 7) is 2.40. The van der Waals surface area contributed by atoms with E-state index in [1.54, 1.807) is 23.0 Å². The summed E-state index contributed by atoms with van der Waals surface area (Å²) in [5.41, 5.74) is 8.95. The van der Waals surface area contributed by atoms with E-state index in [4.69, 9.17) is 5.73 Å². The first-order chi connectivity index (χ1) is 9.49. The van der Waals surface area contributed by atoms with Crippen molar-refractivity contribution in [2.45, 2.75) is 13.3 Å². The minimum Gasteiger partial charge on any atom is -0.398 e. The number of carbonyl (C=O) groups excluding carboxylic acids is 1. The van der Waals surface area contributed by atoms with E-state index in [-0.39, 0.29) is 5.91 Å². The molecule has 0 aliphatic carbocycles. The molecule has 0 atom stereocenters. The number of carbonyl (C=O) groups is 1. The van der Waals surface area contributed by atoms with Crippen molar-refractivity contribution >= 4 is 27.5 Å². The van der Waals surface area contributed by atoms with E-state index in [1.807, 2.05) is 20.0 Å². The first-order valence-corrected chi connectivity index (χ1v) is 7.09. The second-order valence-electron chi connectivity index (χ2n) is 4.62. The Morgan fingerprint density at radius 1 is 1.50 bits per heavy atom. The molecule has 0 unspecified atom stereocenters. The lowest BCUT2D eigenvalue weighted by atomic mass is 10.1. The van der Waals surface area contributed by atoms with Crippen molar-refractivity contribution in [3.8, 4) is 0 Å². The van der Waals surface area contributed by atoms with Gasteiger partial charge in [0, 0.05) is 47.6 Å². The molecule has 6 heteroatoms. The minimum atomic E-state index is -0.113. The number of anilines is 1. The smallest absolute Gasteiger partial charge is 0.251 e. The van der Waals surface area contributed by atoms with Gasteiger partial charge in [0.25, 0.3) is 5.91 Å². The number of aromatic nitrogens is 2. The molecular weight excluding hydrogens is 320 g/mol. The van der Waals surface area contributed by atoms with Crippen LogP contribution in [0.3, 0.4) is 0 Å². The van der Waals surface area contributed by atoms with E-state index in [9.17, 15) is 4.79 Å². The molecule has 1 aromatic carbocycles. The zero-order valence-electron chi connectivity index (χ0n) is 11.5. The Balaban J connectivity index is 2.01. The molecule has 3 N–H and O–H groups in total. The molecule has 0 saturated carbocycles. The van der Waals surface area contributed by atoms with Gasteiger partial charge in [-0.15, -0.1) is 0 Å². The maximum atomic E-state index is 12.2. The maximum absolute atomic E-state index is 12.2. The van der Waals surface area contributed by atoms with Crippen LogP contribution in [-0.2, 0) is 13.5 Å². The first kappa shape index (κ1) is 14.6. The van der Waals surface area contributed by atoms with Crippen molar-refractivity contribution in [3.05, 3.63) is 45.7 Å². The molecule has 1 heterocycles. The fourth-order valence-electron chi connectivity index (χ4n) is 1.98. The number of nitrogen functional groups attached to an aromatic ring is 1. The summed E-state index contributed by atoms with van der Waals surface area (Å²) in [4.78, 5) is 12.2. The monoisotopic (exact) mass is 336 g/mol. The third kappa shape index (κ3) is 3.19. The Kier molecular flexibility index (Phi) is 4.44. The van der Waals surface area contributed by atoms with E-state index in [0.717, 1.165) is 22.2 Å². The molecule has 2 rings (SSSR count). The van der Waals surface area contributed by atoms with Gasteiger partial charge in [-0.25, -0.2) is 0 Å². The van der Waals surface area contributed by atoms with Gasteiger partial charge in [0.05, 0.1) is 0 Å². The lowest BCUT2D eigenvalue weighted by Crippen LogP contribution is -2.27. The third-order valence-electron chi connectivity index (χ3n) is 3.25. The highest BCUT2D eigenvalue weighted by molar-refractivity contribution is 9.10. The summed E-state index contributed by atoms with van der Waals surface area (Å²) in [5, 5.41) is 6.99. The van der Waals surface area contributed by atoms with E-state index in [1.165, 1.54) is 0 Å². The van der Waals surface area contributed by atoms with Gasteiger partial charge in [0.1, 0.15) is 0 Å². The summed E-state index contributed by atoms with van der Waals surface area (Å²) in [5.74, 6) is -0.113. The van der Waals surface area contributed by atoms with E-state index in [0.29, 0.717) is 17.8 Å². The average Bonchev–Trinajstić information content (AvgIpc) is 2.79. The molecule has 0 aliphatic rings. The number of halogens is 1. The Bertz CT molecular complexity index is 636. The number of rotatable bonds is 4. The second-order valence-corrected chi connectivity index (χ2v) is 5.54. The number of hydrogen-bond donors (Lipinski definition) is 2. The summed E-state index contributed by atoms with van der Waals surface area (Å²) in [6, 6.07) is 5.52. The van der Waals surface area contributed by atoms with Gasteiger partial charge >= 0.3 is 0 Å². The zero-order chi connectivity index (χ0) is 14.7. The van der Waals surface area contributed by atoms with Crippen LogP contribution in [0.1, 0.15) is 21.6 Å². The van der Waals surface area contributed by atoms with Crippen LogP contribution in [0.4, 0.5) is 5.69 Å². The Hall–Kier alpha value is -1.82. The fourth-order valence-corrected chi connectivity index (χ4v) is 2.46. The average molecular weight is 337 g/mol.